The third-order valence-corrected chi connectivity index (χ3v) is 2.54. The van der Waals surface area contributed by atoms with Gasteiger partial charge >= 0.3 is 0 Å². The van der Waals surface area contributed by atoms with Gasteiger partial charge in [0.25, 0.3) is 0 Å². The van der Waals surface area contributed by atoms with Gasteiger partial charge in [-0.3, -0.25) is 0 Å². The molecule has 1 aromatic carbocycles. The van der Waals surface area contributed by atoms with Crippen molar-refractivity contribution in [2.45, 2.75) is 12.2 Å². The summed E-state index contributed by atoms with van der Waals surface area (Å²) in [6.07, 6.45) is -2.81. The average molecular weight is 269 g/mol. The molecule has 0 heterocycles. The topological polar surface area (TPSA) is 128 Å². The summed E-state index contributed by atoms with van der Waals surface area (Å²) in [6, 6.07) is 2.74. The van der Waals surface area contributed by atoms with E-state index >= 15 is 0 Å². The summed E-state index contributed by atoms with van der Waals surface area (Å²) in [6.45, 7) is -0.327. The highest BCUT2D eigenvalue weighted by molar-refractivity contribution is 5.51. The van der Waals surface area contributed by atoms with Crippen molar-refractivity contribution in [1.29, 1.82) is 0 Å². The molecule has 1 aromatic rings. The minimum atomic E-state index is -1.45. The van der Waals surface area contributed by atoms with Crippen LogP contribution in [0.4, 0.5) is 0 Å². The number of phenolic OH excluding ortho intramolecular Hbond substituents is 1. The van der Waals surface area contributed by atoms with E-state index in [9.17, 15) is 15.3 Å². The first-order valence-corrected chi connectivity index (χ1v) is 5.37. The maximum atomic E-state index is 9.96. The minimum Gasteiger partial charge on any atom is -0.507 e. The molecule has 8 nitrogen and oxygen atoms in total. The third kappa shape index (κ3) is 3.41. The van der Waals surface area contributed by atoms with Gasteiger partial charge in [-0.25, -0.2) is 0 Å². The van der Waals surface area contributed by atoms with Crippen molar-refractivity contribution in [3.63, 3.8) is 0 Å². The fraction of sp³-hybridized carbons (Fsp3) is 0.455. The summed E-state index contributed by atoms with van der Waals surface area (Å²) < 4.78 is 9.98. The van der Waals surface area contributed by atoms with Crippen molar-refractivity contribution in [1.82, 2.24) is 0 Å². The Hall–Kier alpha value is -2.15. The predicted octanol–water partition coefficient (Wildman–Crippen LogP) is 1.11. The Kier molecular flexibility index (Phi) is 5.25. The lowest BCUT2D eigenvalue weighted by atomic mass is 10.0. The molecule has 0 aliphatic heterocycles. The molecule has 19 heavy (non-hydrogen) atoms. The second-order valence-electron chi connectivity index (χ2n) is 3.69. The van der Waals surface area contributed by atoms with Crippen molar-refractivity contribution in [2.75, 3.05) is 20.8 Å². The molecule has 0 aromatic heterocycles. The van der Waals surface area contributed by atoms with Crippen LogP contribution in [-0.4, -0.2) is 42.2 Å². The third-order valence-electron chi connectivity index (χ3n) is 2.54. The lowest BCUT2D eigenvalue weighted by molar-refractivity contribution is 0.0215. The smallest absolute Gasteiger partial charge is 0.132 e. The Bertz CT molecular complexity index is 487. The van der Waals surface area contributed by atoms with Crippen LogP contribution in [0.2, 0.25) is 0 Å². The second kappa shape index (κ2) is 6.69. The molecule has 0 amide bonds. The zero-order valence-electron chi connectivity index (χ0n) is 10.5. The normalized spacial score (nSPS) is 13.3. The van der Waals surface area contributed by atoms with Crippen LogP contribution in [0.1, 0.15) is 11.7 Å². The van der Waals surface area contributed by atoms with Crippen molar-refractivity contribution in [3.05, 3.63) is 28.1 Å². The van der Waals surface area contributed by atoms with Gasteiger partial charge in [-0.2, -0.15) is 0 Å². The van der Waals surface area contributed by atoms with Crippen LogP contribution in [-0.2, 0) is 0 Å². The summed E-state index contributed by atoms with van der Waals surface area (Å²) in [5.41, 5.74) is 8.17. The van der Waals surface area contributed by atoms with E-state index in [0.717, 1.165) is 0 Å². The van der Waals surface area contributed by atoms with E-state index in [1.165, 1.54) is 26.4 Å². The van der Waals surface area contributed by atoms with Crippen LogP contribution >= 0.6 is 0 Å². The predicted molar refractivity (Wildman–Crippen MR) is 66.2 cm³/mol. The fourth-order valence-electron chi connectivity index (χ4n) is 1.58. The number of azide groups is 1. The largest absolute Gasteiger partial charge is 0.507 e. The van der Waals surface area contributed by atoms with Crippen LogP contribution in [0.3, 0.4) is 0 Å². The fourth-order valence-corrected chi connectivity index (χ4v) is 1.58. The molecule has 0 aliphatic carbocycles. The molecule has 0 spiro atoms. The number of nitrogens with zero attached hydrogens (tertiary/aromatic N) is 3. The zero-order chi connectivity index (χ0) is 14.4. The number of methoxy groups -OCH3 is 2. The summed E-state index contributed by atoms with van der Waals surface area (Å²) >= 11 is 0. The molecule has 3 N–H and O–H groups in total. The number of ether oxygens (including phenoxy) is 2. The monoisotopic (exact) mass is 269 g/mol. The van der Waals surface area contributed by atoms with Crippen molar-refractivity contribution >= 4 is 0 Å². The van der Waals surface area contributed by atoms with E-state index in [4.69, 9.17) is 15.0 Å². The van der Waals surface area contributed by atoms with Gasteiger partial charge in [0, 0.05) is 17.0 Å². The molecular formula is C11H15N3O5. The lowest BCUT2D eigenvalue weighted by Crippen LogP contribution is -2.21. The van der Waals surface area contributed by atoms with Crippen molar-refractivity contribution in [2.24, 2.45) is 5.11 Å². The average Bonchev–Trinajstić information content (AvgIpc) is 2.42. The number of phenols is 1. The maximum absolute atomic E-state index is 9.96. The molecule has 0 fully saturated rings. The van der Waals surface area contributed by atoms with Gasteiger partial charge in [-0.05, 0) is 5.53 Å². The first-order chi connectivity index (χ1) is 9.04. The first-order valence-electron chi connectivity index (χ1n) is 5.37. The summed E-state index contributed by atoms with van der Waals surface area (Å²) in [7, 11) is 2.77. The molecule has 0 aliphatic rings. The molecule has 0 bridgehead atoms. The zero-order valence-corrected chi connectivity index (χ0v) is 10.5. The van der Waals surface area contributed by atoms with Gasteiger partial charge in [-0.15, -0.1) is 0 Å². The van der Waals surface area contributed by atoms with Crippen molar-refractivity contribution in [3.8, 4) is 17.2 Å². The standard InChI is InChI=1S/C11H15N3O5/c1-18-6-3-7(15)10(9(4-6)19-2)11(17)8(16)5-13-14-12/h3-4,8,11,15-17H,5H2,1-2H3. The Labute approximate surface area is 109 Å². The van der Waals surface area contributed by atoms with E-state index in [1.807, 2.05) is 0 Å². The summed E-state index contributed by atoms with van der Waals surface area (Å²) in [5, 5.41) is 32.6. The second-order valence-corrected chi connectivity index (χ2v) is 3.69. The highest BCUT2D eigenvalue weighted by atomic mass is 16.5. The maximum Gasteiger partial charge on any atom is 0.132 e. The van der Waals surface area contributed by atoms with Gasteiger partial charge in [0.15, 0.2) is 0 Å². The number of benzene rings is 1. The molecular weight excluding hydrogens is 254 g/mol. The summed E-state index contributed by atoms with van der Waals surface area (Å²) in [5.74, 6) is 0.211. The Balaban J connectivity index is 3.14. The number of aliphatic hydroxyl groups is 2. The Morgan fingerprint density at radius 2 is 2.00 bits per heavy atom. The lowest BCUT2D eigenvalue weighted by Gasteiger charge is -2.20. The number of aromatic hydroxyl groups is 1. The van der Waals surface area contributed by atoms with Gasteiger partial charge in [0.2, 0.25) is 0 Å². The van der Waals surface area contributed by atoms with Crippen molar-refractivity contribution < 1.29 is 24.8 Å². The van der Waals surface area contributed by atoms with E-state index in [2.05, 4.69) is 10.0 Å². The van der Waals surface area contributed by atoms with Crippen LogP contribution in [0, 0.1) is 0 Å². The van der Waals surface area contributed by atoms with E-state index in [-0.39, 0.29) is 23.6 Å². The number of hydrogen-bond acceptors (Lipinski definition) is 6. The number of aliphatic hydroxyl groups excluding tert-OH is 2. The minimum absolute atomic E-state index is 0.00365. The molecule has 8 heteroatoms. The molecule has 0 radical (unpaired) electrons. The van der Waals surface area contributed by atoms with Crippen LogP contribution in [0.15, 0.2) is 17.2 Å². The van der Waals surface area contributed by atoms with Crippen LogP contribution in [0.25, 0.3) is 10.4 Å². The van der Waals surface area contributed by atoms with E-state index in [1.54, 1.807) is 0 Å². The number of hydrogen-bond donors (Lipinski definition) is 3. The van der Waals surface area contributed by atoms with Gasteiger partial charge in [-0.1, -0.05) is 5.11 Å². The Morgan fingerprint density at radius 3 is 2.53 bits per heavy atom. The van der Waals surface area contributed by atoms with Crippen LogP contribution < -0.4 is 9.47 Å². The van der Waals surface area contributed by atoms with Gasteiger partial charge in [0.05, 0.1) is 32.4 Å². The highest BCUT2D eigenvalue weighted by Gasteiger charge is 2.25. The molecule has 0 saturated carbocycles. The SMILES string of the molecule is COc1cc(O)c(C(O)C(O)CN=[N+]=[N-])c(OC)c1. The quantitative estimate of drug-likeness (QED) is 0.405. The number of rotatable bonds is 6. The summed E-state index contributed by atoms with van der Waals surface area (Å²) in [4.78, 5) is 2.48. The van der Waals surface area contributed by atoms with Crippen LogP contribution in [0.5, 0.6) is 17.2 Å². The molecule has 104 valence electrons. The molecule has 2 atom stereocenters. The van der Waals surface area contributed by atoms with E-state index < -0.39 is 12.2 Å². The highest BCUT2D eigenvalue weighted by Crippen LogP contribution is 2.38. The van der Waals surface area contributed by atoms with Gasteiger partial charge < -0.3 is 24.8 Å². The molecule has 0 saturated heterocycles. The van der Waals surface area contributed by atoms with Gasteiger partial charge in [0.1, 0.15) is 23.4 Å². The Morgan fingerprint density at radius 1 is 1.32 bits per heavy atom. The molecule has 2 unspecified atom stereocenters. The first kappa shape index (κ1) is 14.9. The molecule has 1 rings (SSSR count). The van der Waals surface area contributed by atoms with E-state index in [0.29, 0.717) is 5.75 Å².